The maximum absolute atomic E-state index is 11.6. The maximum atomic E-state index is 11.6. The second-order valence-electron chi connectivity index (χ2n) is 4.75. The van der Waals surface area contributed by atoms with E-state index in [2.05, 4.69) is 5.16 Å². The molecule has 0 unspecified atom stereocenters. The van der Waals surface area contributed by atoms with Gasteiger partial charge in [0.05, 0.1) is 0 Å². The summed E-state index contributed by atoms with van der Waals surface area (Å²) in [6, 6.07) is 12.6. The highest BCUT2D eigenvalue weighted by atomic mass is 35.5. The lowest BCUT2D eigenvalue weighted by molar-refractivity contribution is -0.106. The topological polar surface area (TPSA) is 47.9 Å². The highest BCUT2D eigenvalue weighted by molar-refractivity contribution is 6.84. The molecule has 0 saturated carbocycles. The minimum absolute atomic E-state index is 0.0428. The fourth-order valence-corrected chi connectivity index (χ4v) is 2.45. The van der Waals surface area contributed by atoms with Gasteiger partial charge in [-0.05, 0) is 47.9 Å². The molecule has 0 bridgehead atoms. The van der Waals surface area contributed by atoms with E-state index in [4.69, 9.17) is 32.8 Å². The average Bonchev–Trinajstić information content (AvgIpc) is 2.52. The van der Waals surface area contributed by atoms with E-state index in [-0.39, 0.29) is 12.3 Å². The van der Waals surface area contributed by atoms with Gasteiger partial charge in [-0.25, -0.2) is 0 Å². The number of benzene rings is 2. The molecule has 0 spiro atoms. The number of rotatable bonds is 6. The van der Waals surface area contributed by atoms with E-state index in [1.54, 1.807) is 24.3 Å². The normalized spacial score (nSPS) is 11.2. The molecular formula is C17H15Cl2NO3. The molecule has 0 heterocycles. The van der Waals surface area contributed by atoms with E-state index in [0.717, 1.165) is 11.1 Å². The Bertz CT molecular complexity index is 744. The molecule has 6 heteroatoms. The van der Waals surface area contributed by atoms with Gasteiger partial charge < -0.3 is 9.57 Å². The van der Waals surface area contributed by atoms with Gasteiger partial charge in [0.1, 0.15) is 19.5 Å². The Morgan fingerprint density at radius 1 is 1.22 bits per heavy atom. The minimum atomic E-state index is -0.693. The lowest BCUT2D eigenvalue weighted by atomic mass is 10.0. The molecule has 0 atom stereocenters. The second-order valence-corrected chi connectivity index (χ2v) is 5.53. The highest BCUT2D eigenvalue weighted by Gasteiger charge is 2.16. The summed E-state index contributed by atoms with van der Waals surface area (Å²) in [5, 5.41) is 3.66. The van der Waals surface area contributed by atoms with Crippen LogP contribution in [0.25, 0.3) is 0 Å². The largest absolute Gasteiger partial charge is 0.489 e. The Kier molecular flexibility index (Phi) is 6.02. The zero-order valence-corrected chi connectivity index (χ0v) is 14.2. The van der Waals surface area contributed by atoms with E-state index in [1.807, 2.05) is 25.1 Å². The van der Waals surface area contributed by atoms with E-state index >= 15 is 0 Å². The van der Waals surface area contributed by atoms with Gasteiger partial charge in [-0.3, -0.25) is 4.79 Å². The molecule has 0 fully saturated rings. The first-order valence-electron chi connectivity index (χ1n) is 6.81. The van der Waals surface area contributed by atoms with Crippen molar-refractivity contribution in [2.45, 2.75) is 13.5 Å². The Balaban J connectivity index is 2.27. The number of ether oxygens (including phenoxy) is 1. The van der Waals surface area contributed by atoms with Crippen LogP contribution in [0.4, 0.5) is 0 Å². The summed E-state index contributed by atoms with van der Waals surface area (Å²) < 4.78 is 5.82. The van der Waals surface area contributed by atoms with Crippen molar-refractivity contribution in [1.29, 1.82) is 0 Å². The third-order valence-electron chi connectivity index (χ3n) is 3.16. The molecule has 2 aromatic carbocycles. The Morgan fingerprint density at radius 2 is 1.96 bits per heavy atom. The van der Waals surface area contributed by atoms with Gasteiger partial charge in [0.25, 0.3) is 5.24 Å². The van der Waals surface area contributed by atoms with E-state index in [1.165, 1.54) is 7.11 Å². The predicted molar refractivity (Wildman–Crippen MR) is 91.4 cm³/mol. The van der Waals surface area contributed by atoms with Crippen molar-refractivity contribution < 1.29 is 14.4 Å². The van der Waals surface area contributed by atoms with E-state index in [9.17, 15) is 4.79 Å². The van der Waals surface area contributed by atoms with Gasteiger partial charge >= 0.3 is 0 Å². The van der Waals surface area contributed by atoms with Crippen LogP contribution < -0.4 is 4.74 Å². The SMILES string of the molecule is CON=C(C(=O)Cl)c1ccccc1COc1ccc(Cl)cc1C. The van der Waals surface area contributed by atoms with Gasteiger partial charge in [-0.2, -0.15) is 0 Å². The number of nitrogens with zero attached hydrogens (tertiary/aromatic N) is 1. The second kappa shape index (κ2) is 7.99. The van der Waals surface area contributed by atoms with Crippen molar-refractivity contribution >= 4 is 34.2 Å². The molecule has 0 aliphatic carbocycles. The molecule has 0 radical (unpaired) electrons. The predicted octanol–water partition coefficient (Wildman–Crippen LogP) is 4.34. The molecule has 0 aromatic heterocycles. The van der Waals surface area contributed by atoms with Gasteiger partial charge in [0.15, 0.2) is 5.71 Å². The molecular weight excluding hydrogens is 337 g/mol. The minimum Gasteiger partial charge on any atom is -0.489 e. The molecule has 0 aliphatic heterocycles. The van der Waals surface area contributed by atoms with Gasteiger partial charge in [0.2, 0.25) is 0 Å². The smallest absolute Gasteiger partial charge is 0.274 e. The molecule has 0 aliphatic rings. The number of hydrogen-bond acceptors (Lipinski definition) is 4. The van der Waals surface area contributed by atoms with Crippen LogP contribution in [-0.2, 0) is 16.2 Å². The molecule has 0 saturated heterocycles. The lowest BCUT2D eigenvalue weighted by Crippen LogP contribution is -2.14. The fourth-order valence-electron chi connectivity index (χ4n) is 2.09. The summed E-state index contributed by atoms with van der Waals surface area (Å²) >= 11 is 11.5. The molecule has 2 rings (SSSR count). The Morgan fingerprint density at radius 3 is 2.61 bits per heavy atom. The highest BCUT2D eigenvalue weighted by Crippen LogP contribution is 2.23. The van der Waals surface area contributed by atoms with Crippen molar-refractivity contribution in [3.8, 4) is 5.75 Å². The number of aryl methyl sites for hydroxylation is 1. The summed E-state index contributed by atoms with van der Waals surface area (Å²) in [7, 11) is 1.36. The van der Waals surface area contributed by atoms with Crippen LogP contribution in [-0.4, -0.2) is 18.1 Å². The van der Waals surface area contributed by atoms with E-state index in [0.29, 0.717) is 16.3 Å². The van der Waals surface area contributed by atoms with Crippen LogP contribution in [0.15, 0.2) is 47.6 Å². The first-order chi connectivity index (χ1) is 11.0. The van der Waals surface area contributed by atoms with Gasteiger partial charge in [0, 0.05) is 10.6 Å². The Labute approximate surface area is 144 Å². The zero-order chi connectivity index (χ0) is 16.8. The standard InChI is InChI=1S/C17H15Cl2NO3/c1-11-9-13(18)7-8-15(11)23-10-12-5-3-4-6-14(12)16(17(19)21)20-22-2/h3-9H,10H2,1-2H3. The molecule has 4 nitrogen and oxygen atoms in total. The number of hydrogen-bond donors (Lipinski definition) is 0. The van der Waals surface area contributed by atoms with Crippen LogP contribution >= 0.6 is 23.2 Å². The van der Waals surface area contributed by atoms with Crippen molar-refractivity contribution in [2.75, 3.05) is 7.11 Å². The molecule has 23 heavy (non-hydrogen) atoms. The lowest BCUT2D eigenvalue weighted by Gasteiger charge is -2.12. The van der Waals surface area contributed by atoms with Gasteiger partial charge in [-0.1, -0.05) is 41.0 Å². The summed E-state index contributed by atoms with van der Waals surface area (Å²) in [6.07, 6.45) is 0. The van der Waals surface area contributed by atoms with Gasteiger partial charge in [-0.15, -0.1) is 0 Å². The number of oxime groups is 1. The zero-order valence-electron chi connectivity index (χ0n) is 12.7. The quantitative estimate of drug-likeness (QED) is 0.441. The average molecular weight is 352 g/mol. The molecule has 0 N–H and O–H groups in total. The monoisotopic (exact) mass is 351 g/mol. The fraction of sp³-hybridized carbons (Fsp3) is 0.176. The molecule has 0 amide bonds. The van der Waals surface area contributed by atoms with Crippen LogP contribution in [0, 0.1) is 6.92 Å². The molecule has 2 aromatic rings. The third kappa shape index (κ3) is 4.47. The Hall–Kier alpha value is -2.04. The van der Waals surface area contributed by atoms with Crippen LogP contribution in [0.1, 0.15) is 16.7 Å². The summed E-state index contributed by atoms with van der Waals surface area (Å²) in [5.41, 5.74) is 2.31. The number of carbonyl (C=O) groups is 1. The van der Waals surface area contributed by atoms with Crippen LogP contribution in [0.3, 0.4) is 0 Å². The first-order valence-corrected chi connectivity index (χ1v) is 7.56. The summed E-state index contributed by atoms with van der Waals surface area (Å²) in [5.74, 6) is 0.714. The molecule has 120 valence electrons. The third-order valence-corrected chi connectivity index (χ3v) is 3.58. The number of halogens is 2. The maximum Gasteiger partial charge on any atom is 0.274 e. The van der Waals surface area contributed by atoms with Crippen molar-refractivity contribution in [1.82, 2.24) is 0 Å². The first kappa shape index (κ1) is 17.3. The van der Waals surface area contributed by atoms with Crippen molar-refractivity contribution in [3.63, 3.8) is 0 Å². The van der Waals surface area contributed by atoms with Crippen molar-refractivity contribution in [2.24, 2.45) is 5.16 Å². The van der Waals surface area contributed by atoms with Crippen molar-refractivity contribution in [3.05, 3.63) is 64.2 Å². The van der Waals surface area contributed by atoms with E-state index < -0.39 is 5.24 Å². The summed E-state index contributed by atoms with van der Waals surface area (Å²) in [6.45, 7) is 2.17. The number of carbonyl (C=O) groups excluding carboxylic acids is 1. The van der Waals surface area contributed by atoms with Crippen LogP contribution in [0.2, 0.25) is 5.02 Å². The summed E-state index contributed by atoms with van der Waals surface area (Å²) in [4.78, 5) is 16.2. The van der Waals surface area contributed by atoms with Crippen LogP contribution in [0.5, 0.6) is 5.75 Å².